The first-order chi connectivity index (χ1) is 18.3. The number of carbonyl (C=O) groups excluding carboxylic acids is 3. The van der Waals surface area contributed by atoms with Crippen molar-refractivity contribution < 1.29 is 41.8 Å². The Kier molecular flexibility index (Phi) is 7.66. The largest absolute Gasteiger partial charge is 0.493 e. The summed E-state index contributed by atoms with van der Waals surface area (Å²) >= 11 is 0. The van der Waals surface area contributed by atoms with Crippen LogP contribution >= 0.6 is 0 Å². The predicted molar refractivity (Wildman–Crippen MR) is 136 cm³/mol. The van der Waals surface area contributed by atoms with E-state index in [1.807, 2.05) is 5.32 Å². The molecule has 11 heteroatoms. The van der Waals surface area contributed by atoms with Gasteiger partial charge in [0.15, 0.2) is 17.3 Å². The molecule has 4 rings (SSSR count). The quantitative estimate of drug-likeness (QED) is 0.502. The third-order valence-corrected chi connectivity index (χ3v) is 7.90. The minimum Gasteiger partial charge on any atom is -0.493 e. The molecule has 1 aromatic rings. The molecule has 1 aliphatic heterocycles. The first kappa shape index (κ1) is 28.8. The number of benzene rings is 1. The fraction of sp³-hybridized carbons (Fsp3) is 0.607. The Hall–Kier alpha value is -3.24. The second-order valence-corrected chi connectivity index (χ2v) is 11.2. The Bertz CT molecular complexity index is 1180. The van der Waals surface area contributed by atoms with E-state index in [-0.39, 0.29) is 41.4 Å². The number of carbonyl (C=O) groups is 3. The number of rotatable bonds is 6. The maximum atomic E-state index is 15.2. The Labute approximate surface area is 225 Å². The van der Waals surface area contributed by atoms with E-state index in [1.165, 1.54) is 38.4 Å². The van der Waals surface area contributed by atoms with Gasteiger partial charge in [0.1, 0.15) is 0 Å². The standard InChI is InChI=1S/C28H35F3N2O6/c1-26(2)14-18-22(19(34)15-26)27(28(29,30)31,25(36)33(18)17-10-8-6-7-9-11-17)32-24(35)16-12-20(37-3)23(39-5)21(13-16)38-4/h12-13,17H,6-11,14-15H2,1-5H3,(H,32,35)/t27-/m0/s1. The summed E-state index contributed by atoms with van der Waals surface area (Å²) in [5, 5.41) is 1.99. The average molecular weight is 553 g/mol. The van der Waals surface area contributed by atoms with Gasteiger partial charge in [0.05, 0.1) is 26.9 Å². The summed E-state index contributed by atoms with van der Waals surface area (Å²) in [4.78, 5) is 42.2. The molecule has 214 valence electrons. The van der Waals surface area contributed by atoms with E-state index in [0.29, 0.717) is 12.8 Å². The van der Waals surface area contributed by atoms with E-state index >= 15 is 13.2 Å². The minimum atomic E-state index is -5.28. The number of ketones is 1. The summed E-state index contributed by atoms with van der Waals surface area (Å²) in [6, 6.07) is 1.92. The van der Waals surface area contributed by atoms with Crippen LogP contribution in [0.25, 0.3) is 0 Å². The summed E-state index contributed by atoms with van der Waals surface area (Å²) < 4.78 is 61.3. The molecule has 1 N–H and O–H groups in total. The van der Waals surface area contributed by atoms with Crippen molar-refractivity contribution >= 4 is 17.6 Å². The molecular weight excluding hydrogens is 517 g/mol. The molecule has 0 aromatic heterocycles. The van der Waals surface area contributed by atoms with Crippen LogP contribution in [0.2, 0.25) is 0 Å². The van der Waals surface area contributed by atoms with Crippen molar-refractivity contribution in [3.8, 4) is 17.2 Å². The number of nitrogens with one attached hydrogen (secondary N) is 1. The van der Waals surface area contributed by atoms with Gasteiger partial charge in [0.2, 0.25) is 11.3 Å². The van der Waals surface area contributed by atoms with Gasteiger partial charge in [-0.3, -0.25) is 14.4 Å². The van der Waals surface area contributed by atoms with Crippen LogP contribution in [0.15, 0.2) is 23.4 Å². The molecule has 0 unspecified atom stereocenters. The van der Waals surface area contributed by atoms with Crippen molar-refractivity contribution in [3.63, 3.8) is 0 Å². The predicted octanol–water partition coefficient (Wildman–Crippen LogP) is 4.95. The number of ether oxygens (including phenoxy) is 3. The fourth-order valence-electron chi connectivity index (χ4n) is 6.14. The third kappa shape index (κ3) is 4.84. The molecule has 1 fully saturated rings. The number of allylic oxidation sites excluding steroid dienone is 1. The van der Waals surface area contributed by atoms with E-state index in [0.717, 1.165) is 25.7 Å². The lowest BCUT2D eigenvalue weighted by Crippen LogP contribution is -2.66. The lowest BCUT2D eigenvalue weighted by Gasteiger charge is -2.36. The van der Waals surface area contributed by atoms with Crippen molar-refractivity contribution in [2.24, 2.45) is 5.41 Å². The fourth-order valence-corrected chi connectivity index (χ4v) is 6.14. The highest BCUT2D eigenvalue weighted by Gasteiger charge is 2.72. The molecule has 0 saturated heterocycles. The summed E-state index contributed by atoms with van der Waals surface area (Å²) in [7, 11) is 3.96. The van der Waals surface area contributed by atoms with Crippen LogP contribution in [-0.2, 0) is 9.59 Å². The number of amides is 2. The molecule has 2 amide bonds. The van der Waals surface area contributed by atoms with Crippen LogP contribution < -0.4 is 19.5 Å². The van der Waals surface area contributed by atoms with Gasteiger partial charge in [-0.15, -0.1) is 0 Å². The molecular formula is C28H35F3N2O6. The van der Waals surface area contributed by atoms with Gasteiger partial charge in [-0.05, 0) is 36.8 Å². The van der Waals surface area contributed by atoms with Crippen molar-refractivity contribution in [2.75, 3.05) is 21.3 Å². The Balaban J connectivity index is 1.87. The summed E-state index contributed by atoms with van der Waals surface area (Å²) in [5.74, 6) is -3.06. The maximum absolute atomic E-state index is 15.2. The maximum Gasteiger partial charge on any atom is 0.425 e. The number of methoxy groups -OCH3 is 3. The Morgan fingerprint density at radius 1 is 0.949 bits per heavy atom. The van der Waals surface area contributed by atoms with Gasteiger partial charge in [-0.2, -0.15) is 13.2 Å². The molecule has 1 aromatic carbocycles. The highest BCUT2D eigenvalue weighted by Crippen LogP contribution is 2.53. The summed E-state index contributed by atoms with van der Waals surface area (Å²) in [6.07, 6.45) is -0.871. The molecule has 1 heterocycles. The van der Waals surface area contributed by atoms with Gasteiger partial charge in [0, 0.05) is 23.7 Å². The first-order valence-electron chi connectivity index (χ1n) is 13.1. The van der Waals surface area contributed by atoms with Crippen molar-refractivity contribution in [3.05, 3.63) is 29.0 Å². The average Bonchev–Trinajstić information content (AvgIpc) is 3.01. The van der Waals surface area contributed by atoms with E-state index in [9.17, 15) is 14.4 Å². The zero-order chi connectivity index (χ0) is 28.8. The molecule has 8 nitrogen and oxygen atoms in total. The minimum absolute atomic E-state index is 0.0521. The number of hydrogen-bond donors (Lipinski definition) is 1. The van der Waals surface area contributed by atoms with E-state index in [1.54, 1.807) is 13.8 Å². The van der Waals surface area contributed by atoms with Crippen LogP contribution in [0.1, 0.15) is 75.6 Å². The highest BCUT2D eigenvalue weighted by molar-refractivity contribution is 6.14. The topological polar surface area (TPSA) is 94.2 Å². The van der Waals surface area contributed by atoms with Crippen LogP contribution in [-0.4, -0.2) is 61.6 Å². The highest BCUT2D eigenvalue weighted by atomic mass is 19.4. The lowest BCUT2D eigenvalue weighted by atomic mass is 9.72. The first-order valence-corrected chi connectivity index (χ1v) is 13.1. The smallest absolute Gasteiger partial charge is 0.425 e. The van der Waals surface area contributed by atoms with Crippen molar-refractivity contribution in [1.29, 1.82) is 0 Å². The second-order valence-electron chi connectivity index (χ2n) is 11.2. The number of Topliss-reactive ketones (excluding diaryl/α,β-unsaturated/α-hetero) is 1. The molecule has 0 bridgehead atoms. The van der Waals surface area contributed by atoms with E-state index in [2.05, 4.69) is 0 Å². The SMILES string of the molecule is COc1cc(C(=O)N[C@]2(C(F)(F)F)C(=O)N(C3CCCCCC3)C3=C2C(=O)CC(C)(C)C3)cc(OC)c1OC. The monoisotopic (exact) mass is 552 g/mol. The van der Waals surface area contributed by atoms with Crippen LogP contribution in [0, 0.1) is 5.41 Å². The molecule has 3 aliphatic rings. The number of halogens is 3. The Morgan fingerprint density at radius 3 is 2.00 bits per heavy atom. The molecule has 1 saturated carbocycles. The van der Waals surface area contributed by atoms with Crippen molar-refractivity contribution in [1.82, 2.24) is 10.2 Å². The second kappa shape index (κ2) is 10.4. The van der Waals surface area contributed by atoms with Gasteiger partial charge >= 0.3 is 6.18 Å². The molecule has 1 atom stereocenters. The summed E-state index contributed by atoms with van der Waals surface area (Å²) in [5.41, 5.74) is -4.97. The number of hydrogen-bond acceptors (Lipinski definition) is 6. The lowest BCUT2D eigenvalue weighted by molar-refractivity contribution is -0.191. The third-order valence-electron chi connectivity index (χ3n) is 7.90. The summed E-state index contributed by atoms with van der Waals surface area (Å²) in [6.45, 7) is 3.60. The van der Waals surface area contributed by atoms with Crippen LogP contribution in [0.5, 0.6) is 17.2 Å². The van der Waals surface area contributed by atoms with Crippen LogP contribution in [0.4, 0.5) is 13.2 Å². The molecule has 0 spiro atoms. The van der Waals surface area contributed by atoms with Crippen LogP contribution in [0.3, 0.4) is 0 Å². The van der Waals surface area contributed by atoms with Gasteiger partial charge in [0.25, 0.3) is 11.8 Å². The van der Waals surface area contributed by atoms with E-state index in [4.69, 9.17) is 14.2 Å². The molecule has 0 radical (unpaired) electrons. The van der Waals surface area contributed by atoms with Gasteiger partial charge in [-0.25, -0.2) is 0 Å². The number of nitrogens with zero attached hydrogens (tertiary/aromatic N) is 1. The zero-order valence-corrected chi connectivity index (χ0v) is 22.9. The number of alkyl halides is 3. The normalized spacial score (nSPS) is 23.8. The van der Waals surface area contributed by atoms with Gasteiger partial charge in [-0.1, -0.05) is 39.5 Å². The molecule has 2 aliphatic carbocycles. The molecule has 39 heavy (non-hydrogen) atoms. The van der Waals surface area contributed by atoms with E-state index < -0.39 is 46.3 Å². The van der Waals surface area contributed by atoms with Gasteiger partial charge < -0.3 is 24.4 Å². The Morgan fingerprint density at radius 2 is 1.51 bits per heavy atom. The van der Waals surface area contributed by atoms with Crippen molar-refractivity contribution in [2.45, 2.75) is 83.0 Å². The zero-order valence-electron chi connectivity index (χ0n) is 22.9.